The number of pyridine rings is 1. The first-order valence-corrected chi connectivity index (χ1v) is 9.84. The average Bonchev–Trinajstić information content (AvgIpc) is 2.77. The van der Waals surface area contributed by atoms with Crippen LogP contribution in [0.2, 0.25) is 0 Å². The van der Waals surface area contributed by atoms with Crippen molar-refractivity contribution in [1.29, 1.82) is 0 Å². The third kappa shape index (κ3) is 5.96. The molecule has 2 aromatic rings. The van der Waals surface area contributed by atoms with Crippen molar-refractivity contribution in [3.63, 3.8) is 0 Å². The van der Waals surface area contributed by atoms with Gasteiger partial charge in [0.25, 0.3) is 5.69 Å². The van der Waals surface area contributed by atoms with Crippen LogP contribution in [-0.2, 0) is 11.2 Å². The lowest BCUT2D eigenvalue weighted by molar-refractivity contribution is -0.384. The molecule has 1 aromatic heterocycles. The number of carbonyl (C=O) groups is 1. The van der Waals surface area contributed by atoms with Crippen molar-refractivity contribution in [2.45, 2.75) is 25.3 Å². The smallest absolute Gasteiger partial charge is 0.269 e. The van der Waals surface area contributed by atoms with Crippen LogP contribution in [0, 0.1) is 10.1 Å². The van der Waals surface area contributed by atoms with Gasteiger partial charge in [0.15, 0.2) is 0 Å². The normalized spacial score (nSPS) is 15.5. The molecule has 1 saturated heterocycles. The number of carbonyl (C=O) groups excluding carboxylic acids is 1. The molecule has 0 saturated carbocycles. The van der Waals surface area contributed by atoms with E-state index >= 15 is 0 Å². The third-order valence-electron chi connectivity index (χ3n) is 5.39. The molecule has 0 radical (unpaired) electrons. The minimum absolute atomic E-state index is 0.0420. The Morgan fingerprint density at radius 3 is 2.59 bits per heavy atom. The van der Waals surface area contributed by atoms with Crippen LogP contribution in [-0.4, -0.2) is 58.3 Å². The van der Waals surface area contributed by atoms with Crippen LogP contribution in [0.1, 0.15) is 24.1 Å². The Bertz CT molecular complexity index is 844. The van der Waals surface area contributed by atoms with E-state index in [-0.39, 0.29) is 17.6 Å². The number of nitrogens with zero attached hydrogens (tertiary/aromatic N) is 4. The van der Waals surface area contributed by atoms with Crippen molar-refractivity contribution in [2.75, 3.05) is 26.7 Å². The SMILES string of the molecule is CN(C(=O)C=Cc1ccc([N+](=O)[O-])cc1)C1CCN(CCc2ccccn2)CC1. The molecule has 7 nitrogen and oxygen atoms in total. The summed E-state index contributed by atoms with van der Waals surface area (Å²) in [6, 6.07) is 12.4. The molecule has 3 rings (SSSR count). The predicted molar refractivity (Wildman–Crippen MR) is 112 cm³/mol. The number of nitro groups is 1. The van der Waals surface area contributed by atoms with Crippen molar-refractivity contribution in [1.82, 2.24) is 14.8 Å². The second-order valence-electron chi connectivity index (χ2n) is 7.28. The molecule has 7 heteroatoms. The Hall–Kier alpha value is -3.06. The van der Waals surface area contributed by atoms with Gasteiger partial charge in [0.2, 0.25) is 5.91 Å². The number of benzene rings is 1. The van der Waals surface area contributed by atoms with Crippen LogP contribution >= 0.6 is 0 Å². The van der Waals surface area contributed by atoms with Crippen molar-refractivity contribution in [3.05, 3.63) is 76.1 Å². The molecular formula is C22H26N4O3. The summed E-state index contributed by atoms with van der Waals surface area (Å²) >= 11 is 0. The summed E-state index contributed by atoms with van der Waals surface area (Å²) in [5.41, 5.74) is 1.92. The molecule has 1 aliphatic heterocycles. The first-order valence-electron chi connectivity index (χ1n) is 9.84. The highest BCUT2D eigenvalue weighted by Gasteiger charge is 2.24. The molecule has 1 aromatic carbocycles. The Morgan fingerprint density at radius 2 is 1.97 bits per heavy atom. The summed E-state index contributed by atoms with van der Waals surface area (Å²) in [5, 5.41) is 10.7. The molecule has 0 atom stereocenters. The number of likely N-dealkylation sites (N-methyl/N-ethyl adjacent to an activating group) is 1. The maximum Gasteiger partial charge on any atom is 0.269 e. The van der Waals surface area contributed by atoms with Gasteiger partial charge in [-0.3, -0.25) is 19.9 Å². The lowest BCUT2D eigenvalue weighted by Gasteiger charge is -2.36. The maximum absolute atomic E-state index is 12.5. The first-order chi connectivity index (χ1) is 14.0. The summed E-state index contributed by atoms with van der Waals surface area (Å²) in [5.74, 6) is -0.0460. The van der Waals surface area contributed by atoms with Crippen LogP contribution in [0.3, 0.4) is 0 Å². The molecule has 0 aliphatic carbocycles. The molecule has 2 heterocycles. The zero-order valence-corrected chi connectivity index (χ0v) is 16.6. The molecule has 1 amide bonds. The van der Waals surface area contributed by atoms with Gasteiger partial charge in [-0.1, -0.05) is 6.07 Å². The van der Waals surface area contributed by atoms with Gasteiger partial charge in [0.05, 0.1) is 4.92 Å². The second kappa shape index (κ2) is 9.93. The van der Waals surface area contributed by atoms with Crippen molar-refractivity contribution in [2.24, 2.45) is 0 Å². The summed E-state index contributed by atoms with van der Waals surface area (Å²) in [6.45, 7) is 2.93. The van der Waals surface area contributed by atoms with Gasteiger partial charge in [0.1, 0.15) is 0 Å². The minimum Gasteiger partial charge on any atom is -0.339 e. The number of amides is 1. The number of likely N-dealkylation sites (tertiary alicyclic amines) is 1. The number of nitro benzene ring substituents is 1. The van der Waals surface area contributed by atoms with Crippen molar-refractivity contribution in [3.8, 4) is 0 Å². The molecule has 0 bridgehead atoms. The predicted octanol–water partition coefficient (Wildman–Crippen LogP) is 3.17. The fourth-order valence-corrected chi connectivity index (χ4v) is 3.52. The molecule has 0 spiro atoms. The quantitative estimate of drug-likeness (QED) is 0.409. The Labute approximate surface area is 170 Å². The van der Waals surface area contributed by atoms with E-state index < -0.39 is 4.92 Å². The van der Waals surface area contributed by atoms with E-state index in [1.165, 1.54) is 18.2 Å². The molecule has 0 unspecified atom stereocenters. The maximum atomic E-state index is 12.5. The zero-order chi connectivity index (χ0) is 20.6. The Morgan fingerprint density at radius 1 is 1.24 bits per heavy atom. The fourth-order valence-electron chi connectivity index (χ4n) is 3.52. The highest BCUT2D eigenvalue weighted by atomic mass is 16.6. The summed E-state index contributed by atoms with van der Waals surface area (Å²) in [4.78, 5) is 31.4. The molecular weight excluding hydrogens is 368 g/mol. The summed E-state index contributed by atoms with van der Waals surface area (Å²) in [6.07, 6.45) is 7.91. The molecule has 152 valence electrons. The molecule has 1 aliphatic rings. The standard InChI is InChI=1S/C22H26N4O3/c1-24(22(27)10-7-18-5-8-21(9-6-18)26(28)29)20-12-16-25(17-13-20)15-11-19-4-2-3-14-23-19/h2-10,14,20H,11-13,15-17H2,1H3. The lowest BCUT2D eigenvalue weighted by Crippen LogP contribution is -2.45. The van der Waals surface area contributed by atoms with Gasteiger partial charge < -0.3 is 9.80 Å². The molecule has 1 fully saturated rings. The van der Waals surface area contributed by atoms with Gasteiger partial charge in [-0.25, -0.2) is 0 Å². The van der Waals surface area contributed by atoms with Crippen LogP contribution < -0.4 is 0 Å². The van der Waals surface area contributed by atoms with E-state index in [1.807, 2.05) is 25.4 Å². The Balaban J connectivity index is 1.45. The number of hydrogen-bond donors (Lipinski definition) is 0. The lowest BCUT2D eigenvalue weighted by atomic mass is 10.0. The largest absolute Gasteiger partial charge is 0.339 e. The van der Waals surface area contributed by atoms with E-state index in [4.69, 9.17) is 0 Å². The number of non-ortho nitro benzene ring substituents is 1. The van der Waals surface area contributed by atoms with E-state index in [2.05, 4.69) is 16.0 Å². The third-order valence-corrected chi connectivity index (χ3v) is 5.39. The zero-order valence-electron chi connectivity index (χ0n) is 16.6. The van der Waals surface area contributed by atoms with Gasteiger partial charge in [-0.15, -0.1) is 0 Å². The fraction of sp³-hybridized carbons (Fsp3) is 0.364. The van der Waals surface area contributed by atoms with E-state index in [9.17, 15) is 14.9 Å². The van der Waals surface area contributed by atoms with Gasteiger partial charge in [-0.05, 0) is 48.7 Å². The Kier molecular flexibility index (Phi) is 7.08. The highest BCUT2D eigenvalue weighted by Crippen LogP contribution is 2.17. The number of piperidine rings is 1. The summed E-state index contributed by atoms with van der Waals surface area (Å²) in [7, 11) is 1.84. The van der Waals surface area contributed by atoms with Gasteiger partial charge >= 0.3 is 0 Å². The van der Waals surface area contributed by atoms with Gasteiger partial charge in [0, 0.05) is 69.2 Å². The monoisotopic (exact) mass is 394 g/mol. The number of aromatic nitrogens is 1. The van der Waals surface area contributed by atoms with E-state index in [0.717, 1.165) is 50.2 Å². The van der Waals surface area contributed by atoms with Crippen LogP contribution in [0.4, 0.5) is 5.69 Å². The van der Waals surface area contributed by atoms with E-state index in [0.29, 0.717) is 0 Å². The van der Waals surface area contributed by atoms with Crippen molar-refractivity contribution < 1.29 is 9.72 Å². The topological polar surface area (TPSA) is 79.6 Å². The molecule has 0 N–H and O–H groups in total. The van der Waals surface area contributed by atoms with Crippen LogP contribution in [0.15, 0.2) is 54.7 Å². The number of rotatable bonds is 7. The average molecular weight is 394 g/mol. The second-order valence-corrected chi connectivity index (χ2v) is 7.28. The van der Waals surface area contributed by atoms with Crippen molar-refractivity contribution >= 4 is 17.7 Å². The first kappa shape index (κ1) is 20.7. The minimum atomic E-state index is -0.435. The highest BCUT2D eigenvalue weighted by molar-refractivity contribution is 5.91. The van der Waals surface area contributed by atoms with Gasteiger partial charge in [-0.2, -0.15) is 0 Å². The van der Waals surface area contributed by atoms with E-state index in [1.54, 1.807) is 23.1 Å². The van der Waals surface area contributed by atoms with Crippen LogP contribution in [0.5, 0.6) is 0 Å². The summed E-state index contributed by atoms with van der Waals surface area (Å²) < 4.78 is 0. The van der Waals surface area contributed by atoms with Crippen LogP contribution in [0.25, 0.3) is 6.08 Å². The molecule has 29 heavy (non-hydrogen) atoms. The number of hydrogen-bond acceptors (Lipinski definition) is 5.